The van der Waals surface area contributed by atoms with E-state index in [1.165, 1.54) is 25.3 Å². The summed E-state index contributed by atoms with van der Waals surface area (Å²) < 4.78 is 30.1. The maximum absolute atomic E-state index is 13.9. The zero-order chi connectivity index (χ0) is 56.8. The number of aliphatic hydroxyl groups is 1. The maximum Gasteiger partial charge on any atom is 0.343 e. The summed E-state index contributed by atoms with van der Waals surface area (Å²) in [6.07, 6.45) is 15.1. The molecule has 0 aromatic heterocycles. The van der Waals surface area contributed by atoms with Crippen molar-refractivity contribution in [1.82, 2.24) is 5.32 Å². The van der Waals surface area contributed by atoms with Gasteiger partial charge in [-0.25, -0.2) is 19.2 Å². The average molecular weight is 1080 g/mol. The first-order valence-electron chi connectivity index (χ1n) is 26.2. The van der Waals surface area contributed by atoms with Crippen molar-refractivity contribution in [1.29, 1.82) is 0 Å². The summed E-state index contributed by atoms with van der Waals surface area (Å²) in [6, 6.07) is 27.3. The third kappa shape index (κ3) is 18.8. The monoisotopic (exact) mass is 1080 g/mol. The number of ether oxygens (including phenoxy) is 4. The molecule has 2 heterocycles. The van der Waals surface area contributed by atoms with E-state index in [9.17, 15) is 33.9 Å². The lowest BCUT2D eigenvalue weighted by atomic mass is 9.93. The van der Waals surface area contributed by atoms with Crippen LogP contribution >= 0.6 is 0 Å². The van der Waals surface area contributed by atoms with Gasteiger partial charge in [-0.2, -0.15) is 0 Å². The Kier molecular flexibility index (Phi) is 23.3. The van der Waals surface area contributed by atoms with E-state index in [-0.39, 0.29) is 64.4 Å². The first-order chi connectivity index (χ1) is 37.2. The van der Waals surface area contributed by atoms with Gasteiger partial charge in [-0.1, -0.05) is 132 Å². The lowest BCUT2D eigenvalue weighted by molar-refractivity contribution is -0.118. The number of nitrogens with one attached hydrogen (secondary N) is 1. The highest BCUT2D eigenvalue weighted by Gasteiger charge is 2.41. The Morgan fingerprint density at radius 1 is 0.718 bits per heavy atom. The van der Waals surface area contributed by atoms with E-state index < -0.39 is 56.4 Å². The van der Waals surface area contributed by atoms with Crippen molar-refractivity contribution >= 4 is 44.0 Å². The van der Waals surface area contributed by atoms with Crippen LogP contribution in [0.1, 0.15) is 133 Å². The minimum absolute atomic E-state index is 0.0242. The first kappa shape index (κ1) is 61.2. The smallest absolute Gasteiger partial charge is 0.343 e. The van der Waals surface area contributed by atoms with Gasteiger partial charge >= 0.3 is 23.9 Å². The van der Waals surface area contributed by atoms with Crippen LogP contribution in [0.2, 0.25) is 18.1 Å². The van der Waals surface area contributed by atoms with Gasteiger partial charge in [-0.15, -0.1) is 0 Å². The number of rotatable bonds is 12. The highest BCUT2D eigenvalue weighted by molar-refractivity contribution is 6.74. The molecule has 0 bridgehead atoms. The van der Waals surface area contributed by atoms with Crippen molar-refractivity contribution in [3.63, 3.8) is 0 Å². The molecule has 412 valence electrons. The summed E-state index contributed by atoms with van der Waals surface area (Å²) in [5.74, 6) is -3.07. The van der Waals surface area contributed by atoms with E-state index >= 15 is 0 Å². The molecule has 78 heavy (non-hydrogen) atoms. The number of hydrogen-bond donors (Lipinski definition) is 2. The summed E-state index contributed by atoms with van der Waals surface area (Å²) in [5.41, 5.74) is 11.0. The third-order valence-electron chi connectivity index (χ3n) is 13.8. The molecule has 2 amide bonds. The molecule has 16 nitrogen and oxygen atoms in total. The molecule has 2 N–H and O–H groups in total. The molecule has 4 aromatic rings. The van der Waals surface area contributed by atoms with Gasteiger partial charge < -0.3 is 33.8 Å². The largest absolute Gasteiger partial charge is 0.458 e. The number of fused-ring (bicyclic) bond motifs is 2. The number of carbonyl (C=O) groups excluding carboxylic acids is 6. The van der Waals surface area contributed by atoms with Gasteiger partial charge in [0.05, 0.1) is 23.3 Å². The van der Waals surface area contributed by atoms with E-state index in [4.69, 9.17) is 28.9 Å². The lowest BCUT2D eigenvalue weighted by Gasteiger charge is -2.41. The second-order valence-electron chi connectivity index (χ2n) is 20.9. The zero-order valence-corrected chi connectivity index (χ0v) is 46.8. The van der Waals surface area contributed by atoms with E-state index in [2.05, 4.69) is 62.2 Å². The zero-order valence-electron chi connectivity index (χ0n) is 45.8. The summed E-state index contributed by atoms with van der Waals surface area (Å²) in [7, 11) is -2.20. The van der Waals surface area contributed by atoms with Crippen molar-refractivity contribution in [2.75, 3.05) is 0 Å². The van der Waals surface area contributed by atoms with Crippen LogP contribution < -0.4 is 14.8 Å². The molecule has 17 heteroatoms. The van der Waals surface area contributed by atoms with Crippen LogP contribution in [0, 0.1) is 11.8 Å². The number of allylic oxidation sites excluding steroid dienone is 4. The number of amides is 2. The SMILES string of the molecule is CC(=O)N/C=C/CC1C[C@@H](O)[C@@H](C)C/C=C/Cc2cccc(OC(=O)c3ccccc3)c2C(=O)O1.C[C@H]1C/C=C/Cc2cccc(OC(=O)c3ccccc3)c2C(=O)OC(C/C=C/C(=O)N=[N+]=[N-])C[C@H]1O[Si](C)(C)C(C)(C)C. The Labute approximate surface area is 458 Å². The fourth-order valence-electron chi connectivity index (χ4n) is 8.26. The molecule has 0 spiro atoms. The molecule has 4 aromatic carbocycles. The fourth-order valence-corrected chi connectivity index (χ4v) is 9.70. The van der Waals surface area contributed by atoms with Gasteiger partial charge in [0.15, 0.2) is 8.32 Å². The van der Waals surface area contributed by atoms with Crippen molar-refractivity contribution in [2.45, 2.75) is 135 Å². The van der Waals surface area contributed by atoms with Crippen LogP contribution in [0.25, 0.3) is 10.4 Å². The van der Waals surface area contributed by atoms with Gasteiger partial charge in [-0.3, -0.25) is 9.59 Å². The molecule has 2 unspecified atom stereocenters. The molecule has 0 radical (unpaired) electrons. The Hall–Kier alpha value is -7.69. The predicted octanol–water partition coefficient (Wildman–Crippen LogP) is 12.5. The molecule has 0 saturated heterocycles. The second-order valence-corrected chi connectivity index (χ2v) is 25.6. The molecule has 0 aliphatic carbocycles. The Morgan fingerprint density at radius 2 is 1.21 bits per heavy atom. The quantitative estimate of drug-likeness (QED) is 0.0197. The lowest BCUT2D eigenvalue weighted by Crippen LogP contribution is -2.46. The molecule has 0 saturated carbocycles. The van der Waals surface area contributed by atoms with Crippen LogP contribution in [0.5, 0.6) is 11.5 Å². The fraction of sp³-hybridized carbons (Fsp3) is 0.377. The Bertz CT molecular complexity index is 2890. The number of cyclic esters (lactones) is 2. The number of esters is 4. The highest BCUT2D eigenvalue weighted by atomic mass is 28.4. The second kappa shape index (κ2) is 29.7. The van der Waals surface area contributed by atoms with Crippen LogP contribution in [0.15, 0.2) is 151 Å². The van der Waals surface area contributed by atoms with Crippen LogP contribution in [-0.4, -0.2) is 73.5 Å². The third-order valence-corrected chi connectivity index (χ3v) is 18.3. The van der Waals surface area contributed by atoms with E-state index in [0.717, 1.165) is 6.42 Å². The van der Waals surface area contributed by atoms with E-state index in [1.807, 2.05) is 31.2 Å². The van der Waals surface area contributed by atoms with E-state index in [0.29, 0.717) is 54.4 Å². The van der Waals surface area contributed by atoms with E-state index in [1.54, 1.807) is 97.1 Å². The minimum atomic E-state index is -2.20. The first-order valence-corrected chi connectivity index (χ1v) is 29.1. The minimum Gasteiger partial charge on any atom is -0.458 e. The summed E-state index contributed by atoms with van der Waals surface area (Å²) in [5, 5.41) is 16.3. The number of hydrogen-bond acceptors (Lipinski definition) is 12. The standard InChI is InChI=1S/C33H41N3O6Si.C28H31NO6/c1-23-14-10-11-15-24-18-12-20-27(41-31(38)25-16-8-7-9-17-25)30(24)32(39)40-26(19-13-21-29(37)35-36-34)22-28(23)42-43(5,6)33(2,3)4;1-19-10-6-7-11-21-14-8-16-25(35-27(32)22-12-4-3-5-13-22)26(21)28(33)34-23(18-24(19)31)15-9-17-29-20(2)30/h7-13,16-18,20-21,23,26,28H,14-15,19,22H2,1-6H3;3-9,12-14,16-17,19,23-24,31H,10-11,15,18H2,1-2H3,(H,29,30)/b11-10+,21-13+;7-6+,17-9+/t23-,26?,28+;19-,23?,24+/m00/s1. The van der Waals surface area contributed by atoms with Crippen molar-refractivity contribution in [2.24, 2.45) is 17.0 Å². The van der Waals surface area contributed by atoms with Crippen LogP contribution in [0.3, 0.4) is 0 Å². The predicted molar refractivity (Wildman–Crippen MR) is 300 cm³/mol. The highest BCUT2D eigenvalue weighted by Crippen LogP contribution is 2.40. The molecule has 6 atom stereocenters. The normalized spacial score (nSPS) is 21.0. The molecule has 6 rings (SSSR count). The van der Waals surface area contributed by atoms with Gasteiger partial charge in [0.2, 0.25) is 11.8 Å². The average Bonchev–Trinajstić information content (AvgIpc) is 3.40. The van der Waals surface area contributed by atoms with Crippen molar-refractivity contribution < 1.29 is 57.2 Å². The van der Waals surface area contributed by atoms with Crippen LogP contribution in [0.4, 0.5) is 0 Å². The number of aliphatic hydroxyl groups excluding tert-OH is 1. The van der Waals surface area contributed by atoms with Gasteiger partial charge in [0, 0.05) is 37.5 Å². The van der Waals surface area contributed by atoms with Gasteiger partial charge in [0.25, 0.3) is 0 Å². The topological polar surface area (TPSA) is 230 Å². The molecule has 2 aliphatic heterocycles. The van der Waals surface area contributed by atoms with Crippen LogP contribution in [-0.2, 0) is 36.3 Å². The van der Waals surface area contributed by atoms with Crippen molar-refractivity contribution in [3.8, 4) is 11.5 Å². The molecule has 2 aliphatic rings. The van der Waals surface area contributed by atoms with Gasteiger partial charge in [0.1, 0.15) is 34.8 Å². The summed E-state index contributed by atoms with van der Waals surface area (Å²) >= 11 is 0. The maximum atomic E-state index is 13.9. The number of nitrogens with zero attached hydrogens (tertiary/aromatic N) is 3. The Balaban J connectivity index is 0.000000293. The van der Waals surface area contributed by atoms with Crippen molar-refractivity contribution in [3.05, 3.63) is 190 Å². The molecule has 0 fully saturated rings. The molecular weight excluding hydrogens is 1010 g/mol. The number of benzene rings is 4. The molecular formula is C61H72N4O12Si. The number of azide groups is 1. The number of carbonyl (C=O) groups is 6. The van der Waals surface area contributed by atoms with Gasteiger partial charge in [-0.05, 0) is 126 Å². The summed E-state index contributed by atoms with van der Waals surface area (Å²) in [6.45, 7) is 16.4. The Morgan fingerprint density at radius 3 is 1.69 bits per heavy atom. The summed E-state index contributed by atoms with van der Waals surface area (Å²) in [4.78, 5) is 78.3.